The van der Waals surface area contributed by atoms with Gasteiger partial charge in [-0.3, -0.25) is 14.3 Å². The third kappa shape index (κ3) is 4.03. The van der Waals surface area contributed by atoms with Crippen molar-refractivity contribution in [2.45, 2.75) is 26.4 Å². The molecule has 0 amide bonds. The summed E-state index contributed by atoms with van der Waals surface area (Å²) in [5.41, 5.74) is 0.523. The van der Waals surface area contributed by atoms with Gasteiger partial charge < -0.3 is 4.74 Å². The number of para-hydroxylation sites is 1. The fraction of sp³-hybridized carbons (Fsp3) is 0.368. The van der Waals surface area contributed by atoms with E-state index in [1.807, 2.05) is 18.2 Å². The van der Waals surface area contributed by atoms with Gasteiger partial charge in [0.1, 0.15) is 5.60 Å². The summed E-state index contributed by atoms with van der Waals surface area (Å²) in [5.74, 6) is 2.41. The number of likely N-dealkylation sites (N-methyl/N-ethyl adjacent to an activating group) is 1. The largest absolute Gasteiger partial charge is 0.443 e. The van der Waals surface area contributed by atoms with Crippen molar-refractivity contribution in [3.8, 4) is 12.3 Å². The van der Waals surface area contributed by atoms with Gasteiger partial charge in [0, 0.05) is 17.1 Å². The van der Waals surface area contributed by atoms with Crippen LogP contribution in [0.3, 0.4) is 0 Å². The Morgan fingerprint density at radius 2 is 1.96 bits per heavy atom. The Morgan fingerprint density at radius 1 is 1.29 bits per heavy atom. The number of benzene rings is 1. The summed E-state index contributed by atoms with van der Waals surface area (Å²) in [5, 5.41) is 0.725. The van der Waals surface area contributed by atoms with Gasteiger partial charge in [-0.05, 0) is 33.9 Å². The molecule has 1 aromatic carbocycles. The summed E-state index contributed by atoms with van der Waals surface area (Å²) in [6.45, 7) is 5.98. The molecule has 2 aromatic rings. The molecule has 0 unspecified atom stereocenters. The number of Topliss-reactive ketones (excluding diaryl/α,β-unsaturated/α-hetero) is 1. The van der Waals surface area contributed by atoms with Crippen LogP contribution in [-0.4, -0.2) is 47.1 Å². The van der Waals surface area contributed by atoms with Crippen LogP contribution < -0.4 is 0 Å². The Bertz CT molecular complexity index is 806. The normalized spacial score (nSPS) is 11.5. The molecule has 0 saturated heterocycles. The highest BCUT2D eigenvalue weighted by Crippen LogP contribution is 2.23. The minimum absolute atomic E-state index is 0.0914. The fourth-order valence-electron chi connectivity index (χ4n) is 2.41. The van der Waals surface area contributed by atoms with Crippen LogP contribution in [-0.2, 0) is 4.74 Å². The molecule has 0 saturated carbocycles. The van der Waals surface area contributed by atoms with Gasteiger partial charge >= 0.3 is 6.09 Å². The van der Waals surface area contributed by atoms with Crippen LogP contribution in [0.15, 0.2) is 30.5 Å². The zero-order chi connectivity index (χ0) is 17.9. The van der Waals surface area contributed by atoms with Crippen LogP contribution in [0.1, 0.15) is 31.1 Å². The first-order chi connectivity index (χ1) is 11.2. The first kappa shape index (κ1) is 17.8. The fourth-order valence-corrected chi connectivity index (χ4v) is 2.41. The second-order valence-corrected chi connectivity index (χ2v) is 6.71. The van der Waals surface area contributed by atoms with Gasteiger partial charge in [-0.15, -0.1) is 6.42 Å². The summed E-state index contributed by atoms with van der Waals surface area (Å²) in [4.78, 5) is 26.8. The summed E-state index contributed by atoms with van der Waals surface area (Å²) >= 11 is 0. The number of rotatable bonds is 4. The lowest BCUT2D eigenvalue weighted by atomic mass is 10.1. The predicted molar refractivity (Wildman–Crippen MR) is 94.2 cm³/mol. The number of carbonyl (C=O) groups excluding carboxylic acids is 2. The molecular formula is C19H22N2O3. The topological polar surface area (TPSA) is 51.5 Å². The molecule has 5 heteroatoms. The molecular weight excluding hydrogens is 304 g/mol. The van der Waals surface area contributed by atoms with E-state index in [0.717, 1.165) is 5.39 Å². The number of ether oxygens (including phenoxy) is 1. The number of ketones is 1. The maximum absolute atomic E-state index is 12.6. The minimum atomic E-state index is -0.611. The molecule has 1 heterocycles. The lowest BCUT2D eigenvalue weighted by Gasteiger charge is -2.19. The van der Waals surface area contributed by atoms with Crippen LogP contribution in [0.25, 0.3) is 10.9 Å². The molecule has 0 aliphatic heterocycles. The van der Waals surface area contributed by atoms with Crippen LogP contribution in [0.4, 0.5) is 4.79 Å². The van der Waals surface area contributed by atoms with Gasteiger partial charge in [0.15, 0.2) is 5.78 Å². The minimum Gasteiger partial charge on any atom is -0.443 e. The highest BCUT2D eigenvalue weighted by atomic mass is 16.6. The SMILES string of the molecule is C#CCN(C)CC(=O)c1cn(C(=O)OC(C)(C)C)c2ccccc12. The molecule has 0 aliphatic carbocycles. The van der Waals surface area contributed by atoms with Crippen molar-refractivity contribution in [1.29, 1.82) is 0 Å². The second-order valence-electron chi connectivity index (χ2n) is 6.71. The molecule has 1 aromatic heterocycles. The van der Waals surface area contributed by atoms with Crippen molar-refractivity contribution in [3.63, 3.8) is 0 Å². The Morgan fingerprint density at radius 3 is 2.58 bits per heavy atom. The molecule has 0 aliphatic rings. The van der Waals surface area contributed by atoms with Crippen molar-refractivity contribution >= 4 is 22.8 Å². The average Bonchev–Trinajstić information content (AvgIpc) is 2.85. The van der Waals surface area contributed by atoms with Crippen molar-refractivity contribution in [3.05, 3.63) is 36.0 Å². The average molecular weight is 326 g/mol. The Balaban J connectivity index is 2.41. The highest BCUT2D eigenvalue weighted by molar-refractivity contribution is 6.10. The molecule has 24 heavy (non-hydrogen) atoms. The summed E-state index contributed by atoms with van der Waals surface area (Å²) in [6.07, 6.45) is 6.31. The number of hydrogen-bond acceptors (Lipinski definition) is 4. The van der Waals surface area contributed by atoms with Gasteiger partial charge in [-0.2, -0.15) is 0 Å². The van der Waals surface area contributed by atoms with Crippen LogP contribution in [0.2, 0.25) is 0 Å². The van der Waals surface area contributed by atoms with Gasteiger partial charge in [0.25, 0.3) is 0 Å². The first-order valence-corrected chi connectivity index (χ1v) is 7.71. The van der Waals surface area contributed by atoms with Crippen molar-refractivity contribution in [2.24, 2.45) is 0 Å². The molecule has 0 N–H and O–H groups in total. The van der Waals surface area contributed by atoms with Gasteiger partial charge in [0.05, 0.1) is 18.6 Å². The monoisotopic (exact) mass is 326 g/mol. The number of terminal acetylenes is 1. The van der Waals surface area contributed by atoms with E-state index in [1.54, 1.807) is 45.0 Å². The Hall–Kier alpha value is -2.58. The van der Waals surface area contributed by atoms with Gasteiger partial charge in [-0.1, -0.05) is 24.1 Å². The van der Waals surface area contributed by atoms with E-state index in [1.165, 1.54) is 4.57 Å². The Labute approximate surface area is 142 Å². The maximum atomic E-state index is 12.6. The van der Waals surface area contributed by atoms with Crippen molar-refractivity contribution in [2.75, 3.05) is 20.1 Å². The number of carbonyl (C=O) groups is 2. The number of hydrogen-bond donors (Lipinski definition) is 0. The lowest BCUT2D eigenvalue weighted by molar-refractivity contribution is 0.0544. The van der Waals surface area contributed by atoms with Crippen LogP contribution in [0, 0.1) is 12.3 Å². The molecule has 0 bridgehead atoms. The van der Waals surface area contributed by atoms with Crippen LogP contribution in [0.5, 0.6) is 0 Å². The van der Waals surface area contributed by atoms with E-state index in [4.69, 9.17) is 11.2 Å². The van der Waals surface area contributed by atoms with Crippen molar-refractivity contribution in [1.82, 2.24) is 9.47 Å². The standard InChI is InChI=1S/C19H22N2O3/c1-6-11-20(5)13-17(22)15-12-21(18(23)24-19(2,3)4)16-10-8-7-9-14(15)16/h1,7-10,12H,11,13H2,2-5H3. The number of aromatic nitrogens is 1. The zero-order valence-electron chi connectivity index (χ0n) is 14.5. The zero-order valence-corrected chi connectivity index (χ0v) is 14.5. The third-order valence-electron chi connectivity index (χ3n) is 3.38. The Kier molecular flexibility index (Phi) is 5.10. The predicted octanol–water partition coefficient (Wildman–Crippen LogP) is 3.17. The quantitative estimate of drug-likeness (QED) is 0.640. The van der Waals surface area contributed by atoms with E-state index >= 15 is 0 Å². The smallest absolute Gasteiger partial charge is 0.419 e. The molecule has 0 fully saturated rings. The maximum Gasteiger partial charge on any atom is 0.419 e. The van der Waals surface area contributed by atoms with Gasteiger partial charge in [-0.25, -0.2) is 4.79 Å². The number of fused-ring (bicyclic) bond motifs is 1. The van der Waals surface area contributed by atoms with E-state index < -0.39 is 11.7 Å². The van der Waals surface area contributed by atoms with E-state index in [2.05, 4.69) is 5.92 Å². The molecule has 5 nitrogen and oxygen atoms in total. The summed E-state index contributed by atoms with van der Waals surface area (Å²) in [7, 11) is 1.78. The van der Waals surface area contributed by atoms with E-state index in [-0.39, 0.29) is 12.3 Å². The van der Waals surface area contributed by atoms with Crippen molar-refractivity contribution < 1.29 is 14.3 Å². The first-order valence-electron chi connectivity index (χ1n) is 7.71. The summed E-state index contributed by atoms with van der Waals surface area (Å²) in [6, 6.07) is 7.28. The number of nitrogens with zero attached hydrogens (tertiary/aromatic N) is 2. The van der Waals surface area contributed by atoms with Crippen LogP contribution >= 0.6 is 0 Å². The molecule has 2 rings (SSSR count). The van der Waals surface area contributed by atoms with E-state index in [0.29, 0.717) is 17.6 Å². The molecule has 0 radical (unpaired) electrons. The van der Waals surface area contributed by atoms with Gasteiger partial charge in [0.2, 0.25) is 0 Å². The molecule has 0 spiro atoms. The van der Waals surface area contributed by atoms with E-state index in [9.17, 15) is 9.59 Å². The lowest BCUT2D eigenvalue weighted by Crippen LogP contribution is -2.27. The third-order valence-corrected chi connectivity index (χ3v) is 3.38. The highest BCUT2D eigenvalue weighted by Gasteiger charge is 2.23. The molecule has 126 valence electrons. The summed E-state index contributed by atoms with van der Waals surface area (Å²) < 4.78 is 6.80. The molecule has 0 atom stereocenters. The second kappa shape index (κ2) is 6.90.